The predicted molar refractivity (Wildman–Crippen MR) is 76.0 cm³/mol. The molecule has 0 bridgehead atoms. The van der Waals surface area contributed by atoms with Crippen LogP contribution < -0.4 is 11.5 Å². The Morgan fingerprint density at radius 3 is 2.56 bits per heavy atom. The van der Waals surface area contributed by atoms with Gasteiger partial charge in [0.25, 0.3) is 0 Å². The average Bonchev–Trinajstić information content (AvgIpc) is 3.14. The lowest BCUT2D eigenvalue weighted by Gasteiger charge is -2.25. The first-order chi connectivity index (χ1) is 8.43. The average molecular weight is 305 g/mol. The maximum Gasteiger partial charge on any atom is 0.238 e. The van der Waals surface area contributed by atoms with Gasteiger partial charge in [0.15, 0.2) is 0 Å². The molecule has 3 nitrogen and oxygen atoms in total. The highest BCUT2D eigenvalue weighted by Crippen LogP contribution is 2.41. The third kappa shape index (κ3) is 2.94. The zero-order chi connectivity index (χ0) is 13.3. The van der Waals surface area contributed by atoms with Crippen molar-refractivity contribution >= 4 is 40.9 Å². The monoisotopic (exact) mass is 304 g/mol. The molecule has 98 valence electrons. The first kappa shape index (κ1) is 14.0. The van der Waals surface area contributed by atoms with Crippen LogP contribution in [0.5, 0.6) is 0 Å². The van der Waals surface area contributed by atoms with E-state index in [1.54, 1.807) is 12.1 Å². The Bertz CT molecular complexity index is 479. The van der Waals surface area contributed by atoms with Crippen molar-refractivity contribution in [2.24, 2.45) is 17.4 Å². The summed E-state index contributed by atoms with van der Waals surface area (Å²) in [6.07, 6.45) is 1.95. The topological polar surface area (TPSA) is 69.1 Å². The maximum atomic E-state index is 11.5. The number of halogens is 2. The van der Waals surface area contributed by atoms with E-state index in [-0.39, 0.29) is 5.92 Å². The Labute approximate surface area is 120 Å². The second kappa shape index (κ2) is 5.29. The van der Waals surface area contributed by atoms with Crippen molar-refractivity contribution in [1.29, 1.82) is 0 Å². The molecule has 0 aromatic heterocycles. The molecule has 6 heteroatoms. The van der Waals surface area contributed by atoms with Gasteiger partial charge in [-0.25, -0.2) is 0 Å². The number of rotatable bonds is 5. The normalized spacial score (nSPS) is 18.4. The first-order valence-corrected chi connectivity index (χ1v) is 7.34. The number of nitrogens with two attached hydrogens (primary N) is 2. The number of carbonyl (C=O) groups is 1. The third-order valence-corrected chi connectivity index (χ3v) is 5.08. The van der Waals surface area contributed by atoms with Gasteiger partial charge in [0.2, 0.25) is 5.91 Å². The summed E-state index contributed by atoms with van der Waals surface area (Å²) in [5, 5.41) is 1.01. The van der Waals surface area contributed by atoms with Crippen LogP contribution >= 0.6 is 35.0 Å². The summed E-state index contributed by atoms with van der Waals surface area (Å²) in [5.74, 6) is 0.244. The standard InChI is InChI=1S/C12H14Cl2N2OS/c13-9-4-3-8(5-10(9)14)18-6-12(16,11(15)17)7-1-2-7/h3-5,7H,1-2,6,16H2,(H2,15,17). The molecule has 0 aliphatic heterocycles. The van der Waals surface area contributed by atoms with E-state index in [1.165, 1.54) is 11.8 Å². The number of amides is 1. The maximum absolute atomic E-state index is 11.5. The molecule has 18 heavy (non-hydrogen) atoms. The lowest BCUT2D eigenvalue weighted by molar-refractivity contribution is -0.123. The van der Waals surface area contributed by atoms with Crippen molar-refractivity contribution in [2.45, 2.75) is 23.3 Å². The molecule has 1 aliphatic carbocycles. The van der Waals surface area contributed by atoms with E-state index < -0.39 is 11.4 Å². The Hall–Kier alpha value is -0.420. The van der Waals surface area contributed by atoms with Crippen LogP contribution in [0.3, 0.4) is 0 Å². The molecule has 0 saturated heterocycles. The molecule has 2 rings (SSSR count). The SMILES string of the molecule is NC(=O)C(N)(CSc1ccc(Cl)c(Cl)c1)C1CC1. The Kier molecular flexibility index (Phi) is 4.11. The summed E-state index contributed by atoms with van der Waals surface area (Å²) in [6.45, 7) is 0. The van der Waals surface area contributed by atoms with Crippen LogP contribution in [0.1, 0.15) is 12.8 Å². The van der Waals surface area contributed by atoms with Gasteiger partial charge in [-0.1, -0.05) is 23.2 Å². The third-order valence-electron chi connectivity index (χ3n) is 3.13. The van der Waals surface area contributed by atoms with Crippen LogP contribution in [0.25, 0.3) is 0 Å². The molecule has 1 atom stereocenters. The first-order valence-electron chi connectivity index (χ1n) is 5.60. The van der Waals surface area contributed by atoms with Crippen LogP contribution in [0, 0.1) is 5.92 Å². The quantitative estimate of drug-likeness (QED) is 0.822. The molecule has 1 saturated carbocycles. The van der Waals surface area contributed by atoms with E-state index >= 15 is 0 Å². The summed E-state index contributed by atoms with van der Waals surface area (Å²) in [6, 6.07) is 5.35. The summed E-state index contributed by atoms with van der Waals surface area (Å²) in [5.41, 5.74) is 10.6. The second-order valence-electron chi connectivity index (χ2n) is 4.54. The minimum Gasteiger partial charge on any atom is -0.368 e. The molecule has 1 amide bonds. The number of primary amides is 1. The van der Waals surface area contributed by atoms with Gasteiger partial charge in [-0.2, -0.15) is 0 Å². The molecule has 1 fully saturated rings. The molecule has 1 aromatic rings. The Balaban J connectivity index is 2.05. The molecular formula is C12H14Cl2N2OS. The number of hydrogen-bond acceptors (Lipinski definition) is 3. The van der Waals surface area contributed by atoms with Gasteiger partial charge in [0.1, 0.15) is 5.54 Å². The van der Waals surface area contributed by atoms with Crippen LogP contribution in [0.4, 0.5) is 0 Å². The van der Waals surface area contributed by atoms with Crippen LogP contribution in [-0.4, -0.2) is 17.2 Å². The van der Waals surface area contributed by atoms with Gasteiger partial charge >= 0.3 is 0 Å². The van der Waals surface area contributed by atoms with Gasteiger partial charge < -0.3 is 11.5 Å². The van der Waals surface area contributed by atoms with Gasteiger partial charge in [-0.05, 0) is 37.0 Å². The number of thioether (sulfide) groups is 1. The minimum absolute atomic E-state index is 0.213. The van der Waals surface area contributed by atoms with Crippen molar-refractivity contribution in [3.63, 3.8) is 0 Å². The van der Waals surface area contributed by atoms with Gasteiger partial charge in [-0.3, -0.25) is 4.79 Å². The van der Waals surface area contributed by atoms with E-state index in [0.29, 0.717) is 15.8 Å². The fourth-order valence-electron chi connectivity index (χ4n) is 1.76. The molecule has 1 unspecified atom stereocenters. The van der Waals surface area contributed by atoms with E-state index in [2.05, 4.69) is 0 Å². The van der Waals surface area contributed by atoms with Crippen molar-refractivity contribution in [3.8, 4) is 0 Å². The zero-order valence-corrected chi connectivity index (χ0v) is 12.0. The Morgan fingerprint density at radius 1 is 1.39 bits per heavy atom. The molecule has 4 N–H and O–H groups in total. The number of carbonyl (C=O) groups excluding carboxylic acids is 1. The van der Waals surface area contributed by atoms with Crippen molar-refractivity contribution in [3.05, 3.63) is 28.2 Å². The molecule has 0 spiro atoms. The zero-order valence-electron chi connectivity index (χ0n) is 9.66. The van der Waals surface area contributed by atoms with E-state index in [4.69, 9.17) is 34.7 Å². The van der Waals surface area contributed by atoms with Gasteiger partial charge in [-0.15, -0.1) is 11.8 Å². The van der Waals surface area contributed by atoms with Crippen molar-refractivity contribution in [2.75, 3.05) is 5.75 Å². The molecule has 0 radical (unpaired) electrons. The van der Waals surface area contributed by atoms with Crippen LogP contribution in [0.15, 0.2) is 23.1 Å². The van der Waals surface area contributed by atoms with Crippen LogP contribution in [-0.2, 0) is 4.79 Å². The summed E-state index contributed by atoms with van der Waals surface area (Å²) in [4.78, 5) is 12.4. The molecular weight excluding hydrogens is 291 g/mol. The highest BCUT2D eigenvalue weighted by molar-refractivity contribution is 7.99. The summed E-state index contributed by atoms with van der Waals surface area (Å²) >= 11 is 13.3. The Morgan fingerprint density at radius 2 is 2.06 bits per heavy atom. The van der Waals surface area contributed by atoms with Gasteiger partial charge in [0.05, 0.1) is 10.0 Å². The largest absolute Gasteiger partial charge is 0.368 e. The fraction of sp³-hybridized carbons (Fsp3) is 0.417. The van der Waals surface area contributed by atoms with Gasteiger partial charge in [0, 0.05) is 10.6 Å². The van der Waals surface area contributed by atoms with E-state index in [0.717, 1.165) is 17.7 Å². The molecule has 1 aliphatic rings. The minimum atomic E-state index is -0.920. The number of hydrogen-bond donors (Lipinski definition) is 2. The van der Waals surface area contributed by atoms with Crippen LogP contribution in [0.2, 0.25) is 10.0 Å². The highest BCUT2D eigenvalue weighted by atomic mass is 35.5. The molecule has 0 heterocycles. The second-order valence-corrected chi connectivity index (χ2v) is 6.41. The lowest BCUT2D eigenvalue weighted by atomic mass is 9.96. The summed E-state index contributed by atoms with van der Waals surface area (Å²) in [7, 11) is 0. The molecule has 1 aromatic carbocycles. The highest BCUT2D eigenvalue weighted by Gasteiger charge is 2.46. The van der Waals surface area contributed by atoms with E-state index in [1.807, 2.05) is 6.07 Å². The summed E-state index contributed by atoms with van der Waals surface area (Å²) < 4.78 is 0. The lowest BCUT2D eigenvalue weighted by Crippen LogP contribution is -2.56. The predicted octanol–water partition coefficient (Wildman–Crippen LogP) is 2.68. The van der Waals surface area contributed by atoms with E-state index in [9.17, 15) is 4.79 Å². The number of benzene rings is 1. The fourth-order valence-corrected chi connectivity index (χ4v) is 3.27. The van der Waals surface area contributed by atoms with Crippen molar-refractivity contribution < 1.29 is 4.79 Å². The van der Waals surface area contributed by atoms with Crippen molar-refractivity contribution in [1.82, 2.24) is 0 Å². The smallest absolute Gasteiger partial charge is 0.238 e.